The third-order valence-electron chi connectivity index (χ3n) is 3.48. The molecule has 0 aliphatic rings. The van der Waals surface area contributed by atoms with Gasteiger partial charge in [0.15, 0.2) is 12.3 Å². The van der Waals surface area contributed by atoms with Gasteiger partial charge in [-0.1, -0.05) is 42.0 Å². The van der Waals surface area contributed by atoms with Gasteiger partial charge in [0.25, 0.3) is 0 Å². The first-order chi connectivity index (χ1) is 10.1. The van der Waals surface area contributed by atoms with E-state index < -0.39 is 0 Å². The minimum absolute atomic E-state index is 0.196. The van der Waals surface area contributed by atoms with Crippen LogP contribution >= 0.6 is 0 Å². The summed E-state index contributed by atoms with van der Waals surface area (Å²) in [4.78, 5) is 0. The molecule has 0 saturated carbocycles. The van der Waals surface area contributed by atoms with Gasteiger partial charge in [-0.3, -0.25) is 0 Å². The zero-order chi connectivity index (χ0) is 15.2. The lowest BCUT2D eigenvalue weighted by Crippen LogP contribution is -2.13. The number of nitrogens with zero attached hydrogens (tertiary/aromatic N) is 2. The Morgan fingerprint density at radius 1 is 1.19 bits per heavy atom. The molecule has 1 heterocycles. The highest BCUT2D eigenvalue weighted by Crippen LogP contribution is 2.15. The van der Waals surface area contributed by atoms with Crippen molar-refractivity contribution in [2.75, 3.05) is 0 Å². The number of hydrogen-bond acceptors (Lipinski definition) is 1. The first-order valence-corrected chi connectivity index (χ1v) is 7.21. The second-order valence-electron chi connectivity index (χ2n) is 5.44. The van der Waals surface area contributed by atoms with E-state index in [1.165, 1.54) is 5.57 Å². The van der Waals surface area contributed by atoms with Crippen LogP contribution in [0.3, 0.4) is 0 Å². The lowest BCUT2D eigenvalue weighted by Gasteiger charge is -2.13. The van der Waals surface area contributed by atoms with E-state index in [1.54, 1.807) is 6.21 Å². The maximum absolute atomic E-state index is 12.3. The van der Waals surface area contributed by atoms with Gasteiger partial charge in [-0.2, -0.15) is 0 Å². The van der Waals surface area contributed by atoms with Gasteiger partial charge < -0.3 is 9.77 Å². The number of hydroxylamine groups is 1. The summed E-state index contributed by atoms with van der Waals surface area (Å²) in [5.41, 5.74) is 3.21. The minimum atomic E-state index is -0.196. The van der Waals surface area contributed by atoms with Crippen molar-refractivity contribution in [1.82, 2.24) is 4.57 Å². The molecule has 0 spiro atoms. The fourth-order valence-electron chi connectivity index (χ4n) is 2.11. The van der Waals surface area contributed by atoms with Crippen LogP contribution in [-0.2, 0) is 6.54 Å². The molecule has 0 saturated heterocycles. The predicted molar refractivity (Wildman–Crippen MR) is 87.5 cm³/mol. The molecule has 0 fully saturated rings. The summed E-state index contributed by atoms with van der Waals surface area (Å²) in [5.74, 6) is 0. The Morgan fingerprint density at radius 2 is 1.90 bits per heavy atom. The van der Waals surface area contributed by atoms with E-state index in [4.69, 9.17) is 0 Å². The van der Waals surface area contributed by atoms with Crippen molar-refractivity contribution in [3.8, 4) is 0 Å². The molecule has 0 unspecified atom stereocenters. The summed E-state index contributed by atoms with van der Waals surface area (Å²) in [6, 6.07) is 13.6. The lowest BCUT2D eigenvalue weighted by molar-refractivity contribution is -0.498. The monoisotopic (exact) mass is 282 g/mol. The van der Waals surface area contributed by atoms with E-state index in [-0.39, 0.29) is 6.04 Å². The standard InChI is InChI=1S/C18H22N2O/c1-15(2)11-13-19-12-7-10-18(19)14-20(21)16(3)17-8-5-4-6-9-17/h4-12,14,16H,13H2,1-3H3/b20-14-/t16-/m1/s1. The first-order valence-electron chi connectivity index (χ1n) is 7.21. The van der Waals surface area contributed by atoms with Crippen molar-refractivity contribution in [2.45, 2.75) is 33.4 Å². The van der Waals surface area contributed by atoms with E-state index >= 15 is 0 Å². The van der Waals surface area contributed by atoms with E-state index in [0.29, 0.717) is 0 Å². The average molecular weight is 282 g/mol. The molecule has 0 N–H and O–H groups in total. The van der Waals surface area contributed by atoms with E-state index in [9.17, 15) is 5.21 Å². The number of aromatic nitrogens is 1. The first kappa shape index (κ1) is 15.1. The van der Waals surface area contributed by atoms with Crippen molar-refractivity contribution in [3.63, 3.8) is 0 Å². The van der Waals surface area contributed by atoms with Crippen LogP contribution in [-0.4, -0.2) is 15.5 Å². The SMILES string of the molecule is CC(C)=CCn1cccc1/C=[N+](\[O-])[C@H](C)c1ccccc1. The Hall–Kier alpha value is -2.29. The summed E-state index contributed by atoms with van der Waals surface area (Å²) >= 11 is 0. The average Bonchev–Trinajstić information content (AvgIpc) is 2.92. The third-order valence-corrected chi connectivity index (χ3v) is 3.48. The minimum Gasteiger partial charge on any atom is -0.623 e. The number of hydrogen-bond donors (Lipinski definition) is 0. The topological polar surface area (TPSA) is 31.0 Å². The summed E-state index contributed by atoms with van der Waals surface area (Å²) in [7, 11) is 0. The highest BCUT2D eigenvalue weighted by molar-refractivity contribution is 5.73. The largest absolute Gasteiger partial charge is 0.623 e. The Labute approximate surface area is 126 Å². The molecule has 0 bridgehead atoms. The summed E-state index contributed by atoms with van der Waals surface area (Å²) in [5, 5.41) is 12.3. The molecule has 1 aromatic carbocycles. The normalized spacial score (nSPS) is 13.0. The molecule has 1 aromatic heterocycles. The summed E-state index contributed by atoms with van der Waals surface area (Å²) in [6.45, 7) is 6.85. The number of allylic oxidation sites excluding steroid dienone is 2. The molecule has 110 valence electrons. The predicted octanol–water partition coefficient (Wildman–Crippen LogP) is 4.14. The molecule has 0 amide bonds. The zero-order valence-corrected chi connectivity index (χ0v) is 12.9. The van der Waals surface area contributed by atoms with Crippen LogP contribution in [0.2, 0.25) is 0 Å². The van der Waals surface area contributed by atoms with Crippen LogP contribution < -0.4 is 0 Å². The Morgan fingerprint density at radius 3 is 2.57 bits per heavy atom. The van der Waals surface area contributed by atoms with E-state index in [0.717, 1.165) is 22.5 Å². The van der Waals surface area contributed by atoms with Crippen LogP contribution in [0.1, 0.15) is 38.1 Å². The summed E-state index contributed by atoms with van der Waals surface area (Å²) < 4.78 is 3.08. The zero-order valence-electron chi connectivity index (χ0n) is 12.9. The van der Waals surface area contributed by atoms with E-state index in [2.05, 4.69) is 24.5 Å². The maximum atomic E-state index is 12.3. The maximum Gasteiger partial charge on any atom is 0.199 e. The molecule has 2 rings (SSSR count). The third kappa shape index (κ3) is 4.09. The van der Waals surface area contributed by atoms with Crippen LogP contribution in [0.25, 0.3) is 0 Å². The van der Waals surface area contributed by atoms with Gasteiger partial charge in [0, 0.05) is 25.2 Å². The van der Waals surface area contributed by atoms with Crippen molar-refractivity contribution in [1.29, 1.82) is 0 Å². The fraction of sp³-hybridized carbons (Fsp3) is 0.278. The van der Waals surface area contributed by atoms with Gasteiger partial charge in [-0.25, -0.2) is 4.74 Å². The second kappa shape index (κ2) is 6.93. The molecular weight excluding hydrogens is 260 g/mol. The van der Waals surface area contributed by atoms with Crippen LogP contribution in [0, 0.1) is 5.21 Å². The summed E-state index contributed by atoms with van der Waals surface area (Å²) in [6.07, 6.45) is 5.80. The van der Waals surface area contributed by atoms with Gasteiger partial charge >= 0.3 is 0 Å². The van der Waals surface area contributed by atoms with Gasteiger partial charge in [0.05, 0.1) is 0 Å². The van der Waals surface area contributed by atoms with Crippen molar-refractivity contribution in [3.05, 3.63) is 76.8 Å². The molecular formula is C18H22N2O. The molecule has 21 heavy (non-hydrogen) atoms. The quantitative estimate of drug-likeness (QED) is 0.266. The van der Waals surface area contributed by atoms with Gasteiger partial charge in [-0.05, 0) is 26.0 Å². The Balaban J connectivity index is 2.19. The Bertz CT molecular complexity index is 634. The highest BCUT2D eigenvalue weighted by atomic mass is 16.5. The van der Waals surface area contributed by atoms with Gasteiger partial charge in [0.2, 0.25) is 0 Å². The molecule has 1 atom stereocenters. The van der Waals surface area contributed by atoms with Crippen LogP contribution in [0.15, 0.2) is 60.3 Å². The Kier molecular flexibility index (Phi) is 4.99. The van der Waals surface area contributed by atoms with E-state index in [1.807, 2.05) is 55.6 Å². The molecule has 2 aromatic rings. The molecule has 3 nitrogen and oxygen atoms in total. The van der Waals surface area contributed by atoms with Crippen molar-refractivity contribution >= 4 is 6.21 Å². The lowest BCUT2D eigenvalue weighted by atomic mass is 10.1. The molecule has 0 aliphatic heterocycles. The van der Waals surface area contributed by atoms with Gasteiger partial charge in [-0.15, -0.1) is 0 Å². The number of benzene rings is 1. The van der Waals surface area contributed by atoms with Crippen LogP contribution in [0.4, 0.5) is 0 Å². The van der Waals surface area contributed by atoms with Crippen LogP contribution in [0.5, 0.6) is 0 Å². The molecule has 0 radical (unpaired) electrons. The van der Waals surface area contributed by atoms with Crippen molar-refractivity contribution in [2.24, 2.45) is 0 Å². The smallest absolute Gasteiger partial charge is 0.199 e. The fourth-order valence-corrected chi connectivity index (χ4v) is 2.11. The number of rotatable bonds is 5. The highest BCUT2D eigenvalue weighted by Gasteiger charge is 2.12. The molecule has 0 aliphatic carbocycles. The second-order valence-corrected chi connectivity index (χ2v) is 5.44. The van der Waals surface area contributed by atoms with Crippen molar-refractivity contribution < 1.29 is 4.74 Å². The molecule has 3 heteroatoms. The van der Waals surface area contributed by atoms with Gasteiger partial charge in [0.1, 0.15) is 5.69 Å².